The van der Waals surface area contributed by atoms with Crippen LogP contribution in [-0.2, 0) is 4.79 Å². The quantitative estimate of drug-likeness (QED) is 0.561. The molecule has 1 atom stereocenters. The van der Waals surface area contributed by atoms with E-state index >= 15 is 0 Å². The molecule has 0 rings (SSSR count). The Morgan fingerprint density at radius 1 is 1.70 bits per heavy atom. The van der Waals surface area contributed by atoms with Crippen molar-refractivity contribution in [3.05, 3.63) is 0 Å². The molecule has 0 fully saturated rings. The van der Waals surface area contributed by atoms with Gasteiger partial charge in [-0.05, 0) is 25.3 Å². The van der Waals surface area contributed by atoms with Crippen molar-refractivity contribution < 1.29 is 9.90 Å². The predicted octanol–water partition coefficient (Wildman–Crippen LogP) is -0.512. The van der Waals surface area contributed by atoms with Gasteiger partial charge in [-0.15, -0.1) is 0 Å². The summed E-state index contributed by atoms with van der Waals surface area (Å²) >= 11 is 0. The van der Waals surface area contributed by atoms with E-state index in [1.807, 2.05) is 6.92 Å². The molecule has 0 aromatic rings. The van der Waals surface area contributed by atoms with Crippen molar-refractivity contribution in [2.75, 3.05) is 6.54 Å². The molecule has 10 heavy (non-hydrogen) atoms. The summed E-state index contributed by atoms with van der Waals surface area (Å²) in [5, 5.41) is 9.87. The standard InChI is InChI=1S/C6H13NO2.H3N/c1-5(4-7)2-3-6(8)9;/h5H,2-4,7H2,1H3,(H,8,9);1H3. The lowest BCUT2D eigenvalue weighted by Crippen LogP contribution is -2.23. The third-order valence-electron chi connectivity index (χ3n) is 1.24. The van der Waals surface area contributed by atoms with Gasteiger partial charge in [-0.25, -0.2) is 0 Å². The molecule has 0 aromatic carbocycles. The Hall–Kier alpha value is -0.610. The zero-order chi connectivity index (χ0) is 7.28. The van der Waals surface area contributed by atoms with E-state index in [1.54, 1.807) is 0 Å². The normalized spacial score (nSPS) is 11.8. The molecule has 62 valence electrons. The van der Waals surface area contributed by atoms with Crippen LogP contribution in [-0.4, -0.2) is 12.5 Å². The Balaban J connectivity index is 0. The third kappa shape index (κ3) is 7.39. The van der Waals surface area contributed by atoms with E-state index in [9.17, 15) is 9.90 Å². The Morgan fingerprint density at radius 2 is 2.20 bits per heavy atom. The molecular formula is C6H16N2O2. The van der Waals surface area contributed by atoms with Gasteiger partial charge in [0, 0.05) is 5.97 Å². The summed E-state index contributed by atoms with van der Waals surface area (Å²) in [6, 6.07) is 0. The number of rotatable bonds is 4. The number of carboxylic acids is 1. The third-order valence-corrected chi connectivity index (χ3v) is 1.24. The molecular weight excluding hydrogens is 132 g/mol. The van der Waals surface area contributed by atoms with Crippen LogP contribution in [0.1, 0.15) is 19.8 Å². The van der Waals surface area contributed by atoms with Crippen LogP contribution in [0.5, 0.6) is 0 Å². The first-order chi connectivity index (χ1) is 4.16. The van der Waals surface area contributed by atoms with Gasteiger partial charge in [0.2, 0.25) is 0 Å². The summed E-state index contributed by atoms with van der Waals surface area (Å²) in [6.45, 7) is 2.47. The van der Waals surface area contributed by atoms with Gasteiger partial charge in [0.15, 0.2) is 0 Å². The minimum Gasteiger partial charge on any atom is -0.550 e. The van der Waals surface area contributed by atoms with Crippen LogP contribution in [0.25, 0.3) is 0 Å². The molecule has 4 heteroatoms. The van der Waals surface area contributed by atoms with Crippen LogP contribution in [0.2, 0.25) is 0 Å². The lowest BCUT2D eigenvalue weighted by molar-refractivity contribution is -0.305. The second-order valence-corrected chi connectivity index (χ2v) is 2.25. The fourth-order valence-corrected chi connectivity index (χ4v) is 0.482. The molecule has 0 radical (unpaired) electrons. The molecule has 0 aromatic heterocycles. The second kappa shape index (κ2) is 6.51. The number of aliphatic carboxylic acids is 1. The largest absolute Gasteiger partial charge is 0.550 e. The monoisotopic (exact) mass is 148 g/mol. The zero-order valence-corrected chi connectivity index (χ0v) is 6.59. The topological polar surface area (TPSA) is 103 Å². The molecule has 0 heterocycles. The van der Waals surface area contributed by atoms with Gasteiger partial charge in [0.25, 0.3) is 0 Å². The number of carboxylic acid groups (broad SMARTS) is 1. The number of nitrogens with two attached hydrogens (primary N) is 1. The number of hydrogen-bond acceptors (Lipinski definition) is 3. The Bertz CT molecular complexity index is 95.7. The smallest absolute Gasteiger partial charge is 0.0414 e. The lowest BCUT2D eigenvalue weighted by atomic mass is 10.1. The summed E-state index contributed by atoms with van der Waals surface area (Å²) < 4.78 is 0. The molecule has 0 amide bonds. The van der Waals surface area contributed by atoms with Crippen molar-refractivity contribution >= 4 is 5.97 Å². The van der Waals surface area contributed by atoms with E-state index in [0.717, 1.165) is 0 Å². The van der Waals surface area contributed by atoms with E-state index in [4.69, 9.17) is 5.73 Å². The first-order valence-corrected chi connectivity index (χ1v) is 3.06. The van der Waals surface area contributed by atoms with Crippen molar-refractivity contribution in [1.29, 1.82) is 0 Å². The van der Waals surface area contributed by atoms with E-state index < -0.39 is 5.97 Å². The molecule has 0 saturated heterocycles. The molecule has 0 aliphatic rings. The Labute approximate surface area is 61.0 Å². The van der Waals surface area contributed by atoms with Gasteiger partial charge < -0.3 is 21.8 Å². The molecule has 0 aliphatic carbocycles. The highest BCUT2D eigenvalue weighted by atomic mass is 16.4. The van der Waals surface area contributed by atoms with Crippen LogP contribution in [0, 0.1) is 5.92 Å². The summed E-state index contributed by atoms with van der Waals surface area (Å²) in [7, 11) is 0. The van der Waals surface area contributed by atoms with Crippen LogP contribution in [0.4, 0.5) is 0 Å². The number of carbonyl (C=O) groups excluding carboxylic acids is 1. The van der Waals surface area contributed by atoms with Gasteiger partial charge in [-0.2, -0.15) is 0 Å². The van der Waals surface area contributed by atoms with Crippen molar-refractivity contribution in [1.82, 2.24) is 6.15 Å². The van der Waals surface area contributed by atoms with Crippen LogP contribution in [0.15, 0.2) is 0 Å². The predicted molar refractivity (Wildman–Crippen MR) is 38.4 cm³/mol. The van der Waals surface area contributed by atoms with Crippen molar-refractivity contribution in [2.24, 2.45) is 11.7 Å². The maximum Gasteiger partial charge on any atom is 0.0414 e. The lowest BCUT2D eigenvalue weighted by Gasteiger charge is -2.07. The SMILES string of the molecule is CC(CN)CCC(=O)[O-].[NH4+]. The second-order valence-electron chi connectivity index (χ2n) is 2.25. The van der Waals surface area contributed by atoms with Gasteiger partial charge in [0.05, 0.1) is 0 Å². The molecule has 1 unspecified atom stereocenters. The summed E-state index contributed by atoms with van der Waals surface area (Å²) in [6.07, 6.45) is 0.747. The number of hydrogen-bond donors (Lipinski definition) is 2. The summed E-state index contributed by atoms with van der Waals surface area (Å²) in [5.74, 6) is -0.696. The zero-order valence-electron chi connectivity index (χ0n) is 6.59. The van der Waals surface area contributed by atoms with Crippen LogP contribution in [0.3, 0.4) is 0 Å². The highest BCUT2D eigenvalue weighted by molar-refractivity contribution is 5.64. The fourth-order valence-electron chi connectivity index (χ4n) is 0.482. The minimum absolute atomic E-state index is 0. The van der Waals surface area contributed by atoms with Gasteiger partial charge >= 0.3 is 0 Å². The first kappa shape index (κ1) is 12.1. The van der Waals surface area contributed by atoms with E-state index in [0.29, 0.717) is 18.9 Å². The fraction of sp³-hybridized carbons (Fsp3) is 0.833. The average molecular weight is 148 g/mol. The Kier molecular flexibility index (Phi) is 7.88. The van der Waals surface area contributed by atoms with Gasteiger partial charge in [-0.1, -0.05) is 6.92 Å². The maximum atomic E-state index is 9.87. The molecule has 0 bridgehead atoms. The molecule has 0 spiro atoms. The maximum absolute atomic E-state index is 9.87. The highest BCUT2D eigenvalue weighted by Crippen LogP contribution is 2.00. The highest BCUT2D eigenvalue weighted by Gasteiger charge is 1.97. The van der Waals surface area contributed by atoms with Gasteiger partial charge in [-0.3, -0.25) is 0 Å². The van der Waals surface area contributed by atoms with Crippen molar-refractivity contribution in [3.8, 4) is 0 Å². The van der Waals surface area contributed by atoms with E-state index in [1.165, 1.54) is 0 Å². The van der Waals surface area contributed by atoms with Crippen molar-refractivity contribution in [2.45, 2.75) is 19.8 Å². The van der Waals surface area contributed by atoms with Crippen LogP contribution >= 0.6 is 0 Å². The summed E-state index contributed by atoms with van der Waals surface area (Å²) in [5.41, 5.74) is 5.24. The average Bonchev–Trinajstić information content (AvgIpc) is 1.83. The number of carbonyl (C=O) groups is 1. The minimum atomic E-state index is -0.990. The van der Waals surface area contributed by atoms with Crippen molar-refractivity contribution in [3.63, 3.8) is 0 Å². The molecule has 6 N–H and O–H groups in total. The van der Waals surface area contributed by atoms with Gasteiger partial charge in [0.1, 0.15) is 0 Å². The first-order valence-electron chi connectivity index (χ1n) is 3.06. The van der Waals surface area contributed by atoms with E-state index in [2.05, 4.69) is 0 Å². The van der Waals surface area contributed by atoms with Crippen LogP contribution < -0.4 is 17.0 Å². The number of quaternary nitrogens is 1. The Morgan fingerprint density at radius 3 is 2.50 bits per heavy atom. The summed E-state index contributed by atoms with van der Waals surface area (Å²) in [4.78, 5) is 9.87. The molecule has 0 aliphatic heterocycles. The van der Waals surface area contributed by atoms with E-state index in [-0.39, 0.29) is 12.6 Å². The molecule has 4 nitrogen and oxygen atoms in total. The molecule has 0 saturated carbocycles.